The highest BCUT2D eigenvalue weighted by Crippen LogP contribution is 2.27. The summed E-state index contributed by atoms with van der Waals surface area (Å²) in [7, 11) is 0. The molecule has 0 saturated carbocycles. The van der Waals surface area contributed by atoms with Crippen molar-refractivity contribution >= 4 is 17.3 Å². The van der Waals surface area contributed by atoms with Crippen molar-refractivity contribution in [1.29, 1.82) is 0 Å². The third kappa shape index (κ3) is 2.41. The van der Waals surface area contributed by atoms with E-state index in [1.165, 1.54) is 0 Å². The van der Waals surface area contributed by atoms with E-state index in [-0.39, 0.29) is 12.0 Å². The lowest BCUT2D eigenvalue weighted by Crippen LogP contribution is -2.40. The van der Waals surface area contributed by atoms with E-state index in [9.17, 15) is 4.79 Å². The summed E-state index contributed by atoms with van der Waals surface area (Å²) in [5.41, 5.74) is 0. The molecular weight excluding hydrogens is 224 g/mol. The fourth-order valence-electron chi connectivity index (χ4n) is 2.16. The first kappa shape index (κ1) is 11.5. The van der Waals surface area contributed by atoms with Crippen molar-refractivity contribution in [3.63, 3.8) is 0 Å². The molecule has 4 nitrogen and oxygen atoms in total. The molecule has 0 amide bonds. The summed E-state index contributed by atoms with van der Waals surface area (Å²) in [6.45, 7) is 3.73. The molecule has 1 fully saturated rings. The van der Waals surface area contributed by atoms with E-state index in [1.54, 1.807) is 17.5 Å². The molecule has 2 atom stereocenters. The van der Waals surface area contributed by atoms with Gasteiger partial charge in [-0.15, -0.1) is 11.3 Å². The topological polar surface area (TPSA) is 53.4 Å². The Bertz CT molecular complexity index is 353. The standard InChI is InChI=1S/C11H16N2O2S/c1-8(10-12-4-6-16-10)13-5-2-3-9(7-13)11(14)15/h4,6,8-9H,2-3,5,7H2,1H3,(H,14,15)/t8-,9-/m0/s1. The highest BCUT2D eigenvalue weighted by molar-refractivity contribution is 7.09. The molecule has 0 aromatic carbocycles. The maximum absolute atomic E-state index is 11.0. The highest BCUT2D eigenvalue weighted by atomic mass is 32.1. The Balaban J connectivity index is 2.01. The number of aliphatic carboxylic acids is 1. The van der Waals surface area contributed by atoms with Gasteiger partial charge >= 0.3 is 5.97 Å². The lowest BCUT2D eigenvalue weighted by atomic mass is 9.97. The quantitative estimate of drug-likeness (QED) is 0.878. The Kier molecular flexibility index (Phi) is 3.56. The third-order valence-electron chi connectivity index (χ3n) is 3.16. The number of carbonyl (C=O) groups is 1. The molecule has 2 heterocycles. The Hall–Kier alpha value is -0.940. The number of rotatable bonds is 3. The second-order valence-corrected chi connectivity index (χ2v) is 5.14. The van der Waals surface area contributed by atoms with Crippen LogP contribution in [0, 0.1) is 5.92 Å². The minimum Gasteiger partial charge on any atom is -0.481 e. The third-order valence-corrected chi connectivity index (χ3v) is 4.10. The summed E-state index contributed by atoms with van der Waals surface area (Å²) in [5, 5.41) is 12.1. The van der Waals surface area contributed by atoms with Gasteiger partial charge in [-0.3, -0.25) is 9.69 Å². The fraction of sp³-hybridized carbons (Fsp3) is 0.636. The molecule has 0 spiro atoms. The Labute approximate surface area is 98.9 Å². The van der Waals surface area contributed by atoms with Gasteiger partial charge in [-0.2, -0.15) is 0 Å². The van der Waals surface area contributed by atoms with E-state index < -0.39 is 5.97 Å². The van der Waals surface area contributed by atoms with Gasteiger partial charge in [0.2, 0.25) is 0 Å². The monoisotopic (exact) mass is 240 g/mol. The van der Waals surface area contributed by atoms with Crippen LogP contribution in [0.1, 0.15) is 30.8 Å². The molecule has 1 aromatic rings. The van der Waals surface area contributed by atoms with Crippen LogP contribution in [0.2, 0.25) is 0 Å². The zero-order valence-electron chi connectivity index (χ0n) is 9.30. The van der Waals surface area contributed by atoms with Crippen molar-refractivity contribution in [2.45, 2.75) is 25.8 Å². The predicted molar refractivity (Wildman–Crippen MR) is 62.5 cm³/mol. The number of carboxylic acid groups (broad SMARTS) is 1. The maximum Gasteiger partial charge on any atom is 0.307 e. The molecule has 1 aliphatic heterocycles. The van der Waals surface area contributed by atoms with Crippen LogP contribution >= 0.6 is 11.3 Å². The van der Waals surface area contributed by atoms with E-state index >= 15 is 0 Å². The zero-order valence-corrected chi connectivity index (χ0v) is 10.1. The van der Waals surface area contributed by atoms with Crippen molar-refractivity contribution < 1.29 is 9.90 Å². The predicted octanol–water partition coefficient (Wildman–Crippen LogP) is 2.00. The van der Waals surface area contributed by atoms with Crippen molar-refractivity contribution in [3.05, 3.63) is 16.6 Å². The number of carboxylic acids is 1. The van der Waals surface area contributed by atoms with Crippen LogP contribution in [0.5, 0.6) is 0 Å². The number of hydrogen-bond acceptors (Lipinski definition) is 4. The van der Waals surface area contributed by atoms with Crippen molar-refractivity contribution in [3.8, 4) is 0 Å². The van der Waals surface area contributed by atoms with Gasteiger partial charge < -0.3 is 5.11 Å². The maximum atomic E-state index is 11.0. The van der Waals surface area contributed by atoms with Gasteiger partial charge in [-0.05, 0) is 26.3 Å². The molecule has 1 aromatic heterocycles. The first-order chi connectivity index (χ1) is 7.68. The molecule has 1 saturated heterocycles. The average Bonchev–Trinajstić information content (AvgIpc) is 2.81. The van der Waals surface area contributed by atoms with E-state index in [4.69, 9.17) is 5.11 Å². The smallest absolute Gasteiger partial charge is 0.307 e. The number of thiazole rings is 1. The van der Waals surface area contributed by atoms with Crippen LogP contribution in [-0.2, 0) is 4.79 Å². The van der Waals surface area contributed by atoms with E-state index in [0.29, 0.717) is 6.54 Å². The average molecular weight is 240 g/mol. The van der Waals surface area contributed by atoms with Crippen LogP contribution in [-0.4, -0.2) is 34.0 Å². The van der Waals surface area contributed by atoms with Crippen molar-refractivity contribution in [2.75, 3.05) is 13.1 Å². The first-order valence-corrected chi connectivity index (χ1v) is 6.42. The van der Waals surface area contributed by atoms with Crippen LogP contribution in [0.3, 0.4) is 0 Å². The first-order valence-electron chi connectivity index (χ1n) is 5.54. The minimum absolute atomic E-state index is 0.212. The van der Waals surface area contributed by atoms with Crippen LogP contribution in [0.4, 0.5) is 0 Å². The Morgan fingerprint density at radius 3 is 3.19 bits per heavy atom. The van der Waals surface area contributed by atoms with E-state index in [0.717, 1.165) is 24.4 Å². The molecule has 5 heteroatoms. The summed E-state index contributed by atoms with van der Waals surface area (Å²) in [4.78, 5) is 17.5. The SMILES string of the molecule is C[C@@H](c1nccs1)N1CCC[C@H](C(=O)O)C1. The lowest BCUT2D eigenvalue weighted by Gasteiger charge is -2.34. The molecule has 16 heavy (non-hydrogen) atoms. The molecule has 1 aliphatic rings. The molecule has 0 unspecified atom stereocenters. The fourth-order valence-corrected chi connectivity index (χ4v) is 2.89. The van der Waals surface area contributed by atoms with Gasteiger partial charge in [0.1, 0.15) is 5.01 Å². The van der Waals surface area contributed by atoms with Crippen LogP contribution in [0.25, 0.3) is 0 Å². The molecule has 88 valence electrons. The highest BCUT2D eigenvalue weighted by Gasteiger charge is 2.29. The summed E-state index contributed by atoms with van der Waals surface area (Å²) < 4.78 is 0. The summed E-state index contributed by atoms with van der Waals surface area (Å²) >= 11 is 1.63. The lowest BCUT2D eigenvalue weighted by molar-refractivity contribution is -0.143. The largest absolute Gasteiger partial charge is 0.481 e. The van der Waals surface area contributed by atoms with Gasteiger partial charge in [0.25, 0.3) is 0 Å². The normalized spacial score (nSPS) is 24.2. The molecular formula is C11H16N2O2S. The number of likely N-dealkylation sites (tertiary alicyclic amines) is 1. The van der Waals surface area contributed by atoms with Gasteiger partial charge in [0.15, 0.2) is 0 Å². The summed E-state index contributed by atoms with van der Waals surface area (Å²) in [6, 6.07) is 0.238. The van der Waals surface area contributed by atoms with E-state index in [2.05, 4.69) is 16.8 Å². The van der Waals surface area contributed by atoms with Gasteiger partial charge in [0.05, 0.1) is 12.0 Å². The van der Waals surface area contributed by atoms with Gasteiger partial charge in [-0.25, -0.2) is 4.98 Å². The van der Waals surface area contributed by atoms with Gasteiger partial charge in [0, 0.05) is 18.1 Å². The van der Waals surface area contributed by atoms with Crippen molar-refractivity contribution in [1.82, 2.24) is 9.88 Å². The molecule has 0 aliphatic carbocycles. The Morgan fingerprint density at radius 1 is 1.75 bits per heavy atom. The number of nitrogens with zero attached hydrogens (tertiary/aromatic N) is 2. The molecule has 0 radical (unpaired) electrons. The zero-order chi connectivity index (χ0) is 11.5. The molecule has 2 rings (SSSR count). The number of aromatic nitrogens is 1. The van der Waals surface area contributed by atoms with E-state index in [1.807, 2.05) is 5.38 Å². The van der Waals surface area contributed by atoms with Crippen LogP contribution < -0.4 is 0 Å². The number of hydrogen-bond donors (Lipinski definition) is 1. The second kappa shape index (κ2) is 4.93. The molecule has 1 N–H and O–H groups in total. The summed E-state index contributed by atoms with van der Waals surface area (Å²) in [6.07, 6.45) is 3.57. The summed E-state index contributed by atoms with van der Waals surface area (Å²) in [5.74, 6) is -0.882. The van der Waals surface area contributed by atoms with Gasteiger partial charge in [-0.1, -0.05) is 0 Å². The van der Waals surface area contributed by atoms with Crippen molar-refractivity contribution in [2.24, 2.45) is 5.92 Å². The minimum atomic E-state index is -0.670. The second-order valence-electron chi connectivity index (χ2n) is 4.22. The van der Waals surface area contributed by atoms with Crippen LogP contribution in [0.15, 0.2) is 11.6 Å². The number of piperidine rings is 1. The Morgan fingerprint density at radius 2 is 2.56 bits per heavy atom. The molecule has 0 bridgehead atoms.